The van der Waals surface area contributed by atoms with Gasteiger partial charge in [0.25, 0.3) is 5.56 Å². The molecule has 5 heterocycles. The second-order valence-electron chi connectivity index (χ2n) is 10.2. The molecule has 11 nitrogen and oxygen atoms in total. The molecule has 39 heavy (non-hydrogen) atoms. The van der Waals surface area contributed by atoms with Gasteiger partial charge in [-0.15, -0.1) is 6.58 Å². The average molecular weight is 547 g/mol. The van der Waals surface area contributed by atoms with E-state index < -0.39 is 9.73 Å². The minimum Gasteiger partial charge on any atom is -0.381 e. The number of nitrogens with zero attached hydrogens (tertiary/aromatic N) is 7. The third kappa shape index (κ3) is 5.04. The summed E-state index contributed by atoms with van der Waals surface area (Å²) in [7, 11) is -2.41. The SMILES string of the molecule is C=CCn1c(=O)c2cnc(Nc3ccc(N4C[C@H]5COC[C@H]5C4)cc3)nc2n1-c1cccc(N=S(C)(C)=O)n1. The number of benzene rings is 1. The number of rotatable bonds is 7. The van der Waals surface area contributed by atoms with Crippen LogP contribution in [0.1, 0.15) is 0 Å². The molecule has 2 aliphatic rings. The van der Waals surface area contributed by atoms with Crippen LogP contribution in [0, 0.1) is 11.8 Å². The number of fused-ring (bicyclic) bond motifs is 2. The quantitative estimate of drug-likeness (QED) is 0.351. The number of hydrogen-bond donors (Lipinski definition) is 1. The van der Waals surface area contributed by atoms with E-state index in [-0.39, 0.29) is 12.1 Å². The van der Waals surface area contributed by atoms with E-state index in [1.807, 2.05) is 12.1 Å². The molecule has 12 heteroatoms. The van der Waals surface area contributed by atoms with Crippen molar-refractivity contribution in [3.63, 3.8) is 0 Å². The highest BCUT2D eigenvalue weighted by Crippen LogP contribution is 2.33. The third-order valence-electron chi connectivity index (χ3n) is 6.96. The van der Waals surface area contributed by atoms with Gasteiger partial charge in [-0.3, -0.25) is 4.79 Å². The van der Waals surface area contributed by atoms with Gasteiger partial charge >= 0.3 is 0 Å². The van der Waals surface area contributed by atoms with Gasteiger partial charge in [0.05, 0.1) is 19.8 Å². The van der Waals surface area contributed by atoms with Crippen molar-refractivity contribution in [3.05, 3.63) is 71.7 Å². The zero-order chi connectivity index (χ0) is 27.1. The van der Waals surface area contributed by atoms with E-state index in [2.05, 4.69) is 48.2 Å². The van der Waals surface area contributed by atoms with E-state index in [9.17, 15) is 9.00 Å². The fourth-order valence-corrected chi connectivity index (χ4v) is 5.75. The molecule has 0 aliphatic carbocycles. The molecule has 1 aromatic carbocycles. The molecule has 3 aromatic heterocycles. The molecule has 2 aliphatic heterocycles. The Labute approximate surface area is 226 Å². The molecule has 6 rings (SSSR count). The Hall–Kier alpha value is -4.03. The monoisotopic (exact) mass is 546 g/mol. The van der Waals surface area contributed by atoms with Crippen molar-refractivity contribution in [2.24, 2.45) is 16.2 Å². The Morgan fingerprint density at radius 2 is 1.87 bits per heavy atom. The number of nitrogens with one attached hydrogen (secondary N) is 1. The molecule has 2 atom stereocenters. The fraction of sp³-hybridized carbons (Fsp3) is 0.333. The van der Waals surface area contributed by atoms with E-state index in [1.54, 1.807) is 41.5 Å². The summed E-state index contributed by atoms with van der Waals surface area (Å²) >= 11 is 0. The number of aromatic nitrogens is 5. The molecule has 0 bridgehead atoms. The second kappa shape index (κ2) is 9.93. The van der Waals surface area contributed by atoms with Gasteiger partial charge < -0.3 is 15.0 Å². The number of allylic oxidation sites excluding steroid dienone is 1. The van der Waals surface area contributed by atoms with Gasteiger partial charge in [-0.05, 0) is 36.4 Å². The predicted molar refractivity (Wildman–Crippen MR) is 153 cm³/mol. The Balaban J connectivity index is 1.33. The minimum atomic E-state index is -2.41. The molecule has 0 spiro atoms. The van der Waals surface area contributed by atoms with Gasteiger partial charge in [-0.25, -0.2) is 23.5 Å². The lowest BCUT2D eigenvalue weighted by molar-refractivity contribution is 0.177. The van der Waals surface area contributed by atoms with E-state index >= 15 is 0 Å². The molecule has 0 unspecified atom stereocenters. The number of anilines is 3. The van der Waals surface area contributed by atoms with Crippen molar-refractivity contribution in [1.29, 1.82) is 0 Å². The van der Waals surface area contributed by atoms with Crippen LogP contribution in [0.15, 0.2) is 70.5 Å². The first-order valence-corrected chi connectivity index (χ1v) is 15.1. The van der Waals surface area contributed by atoms with Crippen LogP contribution in [-0.4, -0.2) is 67.3 Å². The average Bonchev–Trinajstić information content (AvgIpc) is 3.57. The summed E-state index contributed by atoms with van der Waals surface area (Å²) in [5, 5.41) is 3.60. The van der Waals surface area contributed by atoms with Crippen LogP contribution in [0.4, 0.5) is 23.1 Å². The zero-order valence-corrected chi connectivity index (χ0v) is 22.7. The van der Waals surface area contributed by atoms with E-state index in [0.717, 1.165) is 32.0 Å². The Morgan fingerprint density at radius 1 is 1.13 bits per heavy atom. The lowest BCUT2D eigenvalue weighted by atomic mass is 10.0. The van der Waals surface area contributed by atoms with Crippen LogP contribution in [0.5, 0.6) is 0 Å². The number of pyridine rings is 1. The summed E-state index contributed by atoms with van der Waals surface area (Å²) in [4.78, 5) is 29.3. The summed E-state index contributed by atoms with van der Waals surface area (Å²) in [6.45, 7) is 7.77. The van der Waals surface area contributed by atoms with Crippen molar-refractivity contribution >= 4 is 43.9 Å². The van der Waals surface area contributed by atoms with Gasteiger partial charge in [-0.2, -0.15) is 9.35 Å². The van der Waals surface area contributed by atoms with Crippen molar-refractivity contribution < 1.29 is 8.95 Å². The second-order valence-corrected chi connectivity index (χ2v) is 12.7. The highest BCUT2D eigenvalue weighted by atomic mass is 32.2. The number of ether oxygens (including phenoxy) is 1. The molecular formula is C27H30N8O3S. The van der Waals surface area contributed by atoms with E-state index in [0.29, 0.717) is 40.5 Å². The van der Waals surface area contributed by atoms with Gasteiger partial charge in [0.2, 0.25) is 5.95 Å². The summed E-state index contributed by atoms with van der Waals surface area (Å²) in [6.07, 6.45) is 6.23. The van der Waals surface area contributed by atoms with Crippen molar-refractivity contribution in [2.45, 2.75) is 6.54 Å². The Kier molecular flexibility index (Phi) is 6.43. The van der Waals surface area contributed by atoms with E-state index in [4.69, 9.17) is 4.74 Å². The van der Waals surface area contributed by atoms with Crippen LogP contribution in [-0.2, 0) is 21.0 Å². The maximum Gasteiger partial charge on any atom is 0.278 e. The first-order chi connectivity index (χ1) is 18.8. The minimum absolute atomic E-state index is 0.241. The molecule has 0 amide bonds. The third-order valence-corrected chi connectivity index (χ3v) is 7.58. The Bertz CT molecular complexity index is 1720. The van der Waals surface area contributed by atoms with Crippen LogP contribution in [0.2, 0.25) is 0 Å². The lowest BCUT2D eigenvalue weighted by Gasteiger charge is -2.20. The van der Waals surface area contributed by atoms with Gasteiger partial charge in [0.15, 0.2) is 17.3 Å². The summed E-state index contributed by atoms with van der Waals surface area (Å²) in [5.74, 6) is 2.31. The predicted octanol–water partition coefficient (Wildman–Crippen LogP) is 3.35. The molecule has 2 fully saturated rings. The number of hydrogen-bond acceptors (Lipinski definition) is 9. The molecule has 0 radical (unpaired) electrons. The smallest absolute Gasteiger partial charge is 0.278 e. The lowest BCUT2D eigenvalue weighted by Crippen LogP contribution is -2.22. The summed E-state index contributed by atoms with van der Waals surface area (Å²) < 4.78 is 25.1. The maximum absolute atomic E-state index is 13.2. The highest BCUT2D eigenvalue weighted by Gasteiger charge is 2.37. The van der Waals surface area contributed by atoms with Crippen LogP contribution in [0.3, 0.4) is 0 Å². The summed E-state index contributed by atoms with van der Waals surface area (Å²) in [5.41, 5.74) is 2.14. The van der Waals surface area contributed by atoms with Crippen LogP contribution < -0.4 is 15.8 Å². The molecule has 0 saturated carbocycles. The molecule has 1 N–H and O–H groups in total. The molecule has 2 saturated heterocycles. The van der Waals surface area contributed by atoms with Crippen molar-refractivity contribution in [2.75, 3.05) is 49.0 Å². The normalized spacial score (nSPS) is 18.9. The first-order valence-electron chi connectivity index (χ1n) is 12.7. The highest BCUT2D eigenvalue weighted by molar-refractivity contribution is 7.92. The summed E-state index contributed by atoms with van der Waals surface area (Å²) in [6, 6.07) is 13.4. The van der Waals surface area contributed by atoms with Gasteiger partial charge in [0.1, 0.15) is 5.39 Å². The molecule has 4 aromatic rings. The standard InChI is InChI=1S/C27H30N8O3S/c1-4-12-34-26(36)22-13-28-27(31-25(22)35(34)24-7-5-6-23(30-24)32-39(2,3)37)29-20-8-10-21(11-9-20)33-14-18-16-38-17-19(18)15-33/h4-11,13,18-19H,1,12,14-17H2,2-3H3,(H,28,29,31)/t18-,19+. The fourth-order valence-electron chi connectivity index (χ4n) is 5.20. The maximum atomic E-state index is 13.2. The zero-order valence-electron chi connectivity index (χ0n) is 21.9. The van der Waals surface area contributed by atoms with Crippen LogP contribution >= 0.6 is 0 Å². The first kappa shape index (κ1) is 25.3. The van der Waals surface area contributed by atoms with E-state index in [1.165, 1.54) is 16.6 Å². The largest absolute Gasteiger partial charge is 0.381 e. The molecule has 202 valence electrons. The van der Waals surface area contributed by atoms with Gasteiger partial charge in [-0.1, -0.05) is 12.1 Å². The Morgan fingerprint density at radius 3 is 2.56 bits per heavy atom. The topological polar surface area (TPSA) is 120 Å². The van der Waals surface area contributed by atoms with Crippen molar-refractivity contribution in [3.8, 4) is 5.82 Å². The molecular weight excluding hydrogens is 516 g/mol. The van der Waals surface area contributed by atoms with Gasteiger partial charge in [0, 0.05) is 64.7 Å². The van der Waals surface area contributed by atoms with Crippen LogP contribution in [0.25, 0.3) is 16.9 Å². The van der Waals surface area contributed by atoms with Crippen molar-refractivity contribution in [1.82, 2.24) is 24.3 Å².